The molecule has 0 amide bonds. The fraction of sp³-hybridized carbons (Fsp3) is 0.600. The molecule has 0 aliphatic carbocycles. The van der Waals surface area contributed by atoms with E-state index in [-0.39, 0.29) is 17.5 Å². The molecule has 1 fully saturated rings. The predicted molar refractivity (Wildman–Crippen MR) is 67.1 cm³/mol. The summed E-state index contributed by atoms with van der Waals surface area (Å²) in [5.41, 5.74) is 2.08. The van der Waals surface area contributed by atoms with Crippen molar-refractivity contribution >= 4 is 17.3 Å². The molecule has 2 rings (SSSR count). The van der Waals surface area contributed by atoms with Crippen LogP contribution in [0.25, 0.3) is 0 Å². The van der Waals surface area contributed by atoms with Crippen LogP contribution >= 0.6 is 0 Å². The summed E-state index contributed by atoms with van der Waals surface area (Å²) in [5.74, 6) is 6.12. The van der Waals surface area contributed by atoms with E-state index in [1.54, 1.807) is 0 Å². The van der Waals surface area contributed by atoms with Gasteiger partial charge in [-0.05, 0) is 19.3 Å². The Morgan fingerprint density at radius 2 is 2.28 bits per heavy atom. The first-order valence-electron chi connectivity index (χ1n) is 5.77. The first kappa shape index (κ1) is 12.5. The van der Waals surface area contributed by atoms with Crippen LogP contribution in [0.4, 0.5) is 17.3 Å². The van der Waals surface area contributed by atoms with E-state index in [1.165, 1.54) is 6.33 Å². The van der Waals surface area contributed by atoms with Crippen LogP contribution in [-0.4, -0.2) is 27.5 Å². The molecule has 1 aliphatic rings. The summed E-state index contributed by atoms with van der Waals surface area (Å²) >= 11 is 0. The molecule has 0 aromatic carbocycles. The lowest BCUT2D eigenvalue weighted by Gasteiger charge is -2.22. The van der Waals surface area contributed by atoms with Gasteiger partial charge >= 0.3 is 5.69 Å². The van der Waals surface area contributed by atoms with E-state index in [4.69, 9.17) is 5.84 Å². The smallest absolute Gasteiger partial charge is 0.348 e. The second-order valence-electron chi connectivity index (χ2n) is 4.64. The van der Waals surface area contributed by atoms with Gasteiger partial charge in [-0.25, -0.2) is 15.8 Å². The standard InChI is InChI=1S/C10H16N6O2/c1-6-3-7(2)15(4-6)10-8(16(17)18)9(14-11)12-5-13-10/h5-7H,3-4,11H2,1-2H3,(H,12,13,14). The number of nitrogen functional groups attached to an aromatic ring is 1. The molecule has 1 aromatic rings. The third-order valence-corrected chi connectivity index (χ3v) is 3.18. The molecule has 0 radical (unpaired) electrons. The van der Waals surface area contributed by atoms with Crippen molar-refractivity contribution in [3.05, 3.63) is 16.4 Å². The topological polar surface area (TPSA) is 110 Å². The van der Waals surface area contributed by atoms with Gasteiger partial charge in [-0.3, -0.25) is 10.1 Å². The maximum atomic E-state index is 11.1. The van der Waals surface area contributed by atoms with Gasteiger partial charge in [0.05, 0.1) is 4.92 Å². The van der Waals surface area contributed by atoms with Gasteiger partial charge in [0.25, 0.3) is 0 Å². The molecule has 3 N–H and O–H groups in total. The molecule has 2 atom stereocenters. The van der Waals surface area contributed by atoms with Crippen molar-refractivity contribution in [1.82, 2.24) is 9.97 Å². The van der Waals surface area contributed by atoms with E-state index in [9.17, 15) is 10.1 Å². The number of nitrogens with one attached hydrogen (secondary N) is 1. The Morgan fingerprint density at radius 3 is 2.78 bits per heavy atom. The van der Waals surface area contributed by atoms with E-state index in [0.717, 1.165) is 13.0 Å². The SMILES string of the molecule is CC1CC(C)N(c2ncnc(NN)c2[N+](=O)[O-])C1. The molecule has 0 spiro atoms. The molecule has 0 saturated carbocycles. The van der Waals surface area contributed by atoms with Crippen LogP contribution in [0.15, 0.2) is 6.33 Å². The van der Waals surface area contributed by atoms with Crippen molar-refractivity contribution in [2.45, 2.75) is 26.3 Å². The maximum absolute atomic E-state index is 11.1. The van der Waals surface area contributed by atoms with E-state index >= 15 is 0 Å². The third kappa shape index (κ3) is 2.06. The number of rotatable bonds is 3. The van der Waals surface area contributed by atoms with E-state index in [0.29, 0.717) is 11.7 Å². The molecule has 98 valence electrons. The first-order chi connectivity index (χ1) is 8.54. The average Bonchev–Trinajstić information content (AvgIpc) is 2.67. The maximum Gasteiger partial charge on any atom is 0.354 e. The molecule has 18 heavy (non-hydrogen) atoms. The van der Waals surface area contributed by atoms with Gasteiger partial charge in [-0.2, -0.15) is 0 Å². The lowest BCUT2D eigenvalue weighted by Crippen LogP contribution is -2.29. The summed E-state index contributed by atoms with van der Waals surface area (Å²) in [6, 6.07) is 0.222. The first-order valence-corrected chi connectivity index (χ1v) is 5.77. The molecular formula is C10H16N6O2. The molecule has 1 aromatic heterocycles. The molecule has 8 nitrogen and oxygen atoms in total. The van der Waals surface area contributed by atoms with Gasteiger partial charge in [0, 0.05) is 12.6 Å². The summed E-state index contributed by atoms with van der Waals surface area (Å²) in [4.78, 5) is 20.4. The normalized spacial score (nSPS) is 23.2. The highest BCUT2D eigenvalue weighted by Crippen LogP contribution is 2.36. The van der Waals surface area contributed by atoms with Gasteiger partial charge in [-0.1, -0.05) is 6.92 Å². The van der Waals surface area contributed by atoms with Crippen LogP contribution < -0.4 is 16.2 Å². The number of hydrogen-bond acceptors (Lipinski definition) is 7. The van der Waals surface area contributed by atoms with Crippen molar-refractivity contribution in [3.63, 3.8) is 0 Å². The fourth-order valence-corrected chi connectivity index (χ4v) is 2.45. The van der Waals surface area contributed by atoms with Crippen molar-refractivity contribution < 1.29 is 4.92 Å². The van der Waals surface area contributed by atoms with E-state index < -0.39 is 4.92 Å². The van der Waals surface area contributed by atoms with Crippen LogP contribution in [0.3, 0.4) is 0 Å². The Hall–Kier alpha value is -1.96. The number of nitrogens with two attached hydrogens (primary N) is 1. The lowest BCUT2D eigenvalue weighted by molar-refractivity contribution is -0.383. The average molecular weight is 252 g/mol. The quantitative estimate of drug-likeness (QED) is 0.467. The Kier molecular flexibility index (Phi) is 3.28. The number of nitrogens with zero attached hydrogens (tertiary/aromatic N) is 4. The van der Waals surface area contributed by atoms with E-state index in [2.05, 4.69) is 22.3 Å². The van der Waals surface area contributed by atoms with Crippen LogP contribution in [0, 0.1) is 16.0 Å². The summed E-state index contributed by atoms with van der Waals surface area (Å²) in [6.07, 6.45) is 2.28. The fourth-order valence-electron chi connectivity index (χ4n) is 2.45. The number of hydrogen-bond donors (Lipinski definition) is 2. The van der Waals surface area contributed by atoms with Crippen LogP contribution in [0.5, 0.6) is 0 Å². The molecule has 2 heterocycles. The van der Waals surface area contributed by atoms with Gasteiger partial charge < -0.3 is 10.3 Å². The Morgan fingerprint density at radius 1 is 1.56 bits per heavy atom. The number of anilines is 2. The van der Waals surface area contributed by atoms with Crippen molar-refractivity contribution in [2.75, 3.05) is 16.9 Å². The molecule has 8 heteroatoms. The monoisotopic (exact) mass is 252 g/mol. The van der Waals surface area contributed by atoms with Crippen LogP contribution in [0.2, 0.25) is 0 Å². The second kappa shape index (κ2) is 4.73. The summed E-state index contributed by atoms with van der Waals surface area (Å²) < 4.78 is 0. The summed E-state index contributed by atoms with van der Waals surface area (Å²) in [6.45, 7) is 4.90. The molecular weight excluding hydrogens is 236 g/mol. The highest BCUT2D eigenvalue weighted by Gasteiger charge is 2.34. The molecule has 1 saturated heterocycles. The van der Waals surface area contributed by atoms with Gasteiger partial charge in [0.1, 0.15) is 6.33 Å². The Balaban J connectivity index is 2.47. The Labute approximate surface area is 104 Å². The number of nitro groups is 1. The van der Waals surface area contributed by atoms with E-state index in [1.807, 2.05) is 11.8 Å². The minimum atomic E-state index is -0.500. The second-order valence-corrected chi connectivity index (χ2v) is 4.64. The minimum absolute atomic E-state index is 0.0387. The van der Waals surface area contributed by atoms with Gasteiger partial charge in [0.2, 0.25) is 11.6 Å². The van der Waals surface area contributed by atoms with Crippen molar-refractivity contribution in [3.8, 4) is 0 Å². The van der Waals surface area contributed by atoms with Gasteiger partial charge in [0.15, 0.2) is 0 Å². The zero-order chi connectivity index (χ0) is 13.3. The number of hydrazine groups is 1. The molecule has 0 bridgehead atoms. The van der Waals surface area contributed by atoms with Crippen LogP contribution in [-0.2, 0) is 0 Å². The molecule has 2 unspecified atom stereocenters. The molecule has 1 aliphatic heterocycles. The van der Waals surface area contributed by atoms with Crippen molar-refractivity contribution in [2.24, 2.45) is 11.8 Å². The number of aromatic nitrogens is 2. The zero-order valence-corrected chi connectivity index (χ0v) is 10.3. The van der Waals surface area contributed by atoms with Crippen molar-refractivity contribution in [1.29, 1.82) is 0 Å². The minimum Gasteiger partial charge on any atom is -0.348 e. The van der Waals surface area contributed by atoms with Crippen LogP contribution in [0.1, 0.15) is 20.3 Å². The highest BCUT2D eigenvalue weighted by molar-refractivity contribution is 5.70. The zero-order valence-electron chi connectivity index (χ0n) is 10.3. The largest absolute Gasteiger partial charge is 0.354 e. The third-order valence-electron chi connectivity index (χ3n) is 3.18. The van der Waals surface area contributed by atoms with Gasteiger partial charge in [-0.15, -0.1) is 0 Å². The predicted octanol–water partition coefficient (Wildman–Crippen LogP) is 0.905. The highest BCUT2D eigenvalue weighted by atomic mass is 16.6. The summed E-state index contributed by atoms with van der Waals surface area (Å²) in [7, 11) is 0. The lowest BCUT2D eigenvalue weighted by atomic mass is 10.1. The summed E-state index contributed by atoms with van der Waals surface area (Å²) in [5, 5.41) is 11.1. The Bertz CT molecular complexity index is 466.